The molecule has 0 fully saturated rings. The molecule has 0 spiro atoms. The van der Waals surface area contributed by atoms with Gasteiger partial charge in [0, 0.05) is 24.0 Å². The standard InChI is InChI=1S/C13H19N5/c1-9-7-13(17-11(3)16-9)14-6-4-5-12-8-15-18-10(12)2/h7-8H,4-6H2,1-3H3,(H,15,18)(H,14,16,17). The number of nitrogens with zero attached hydrogens (tertiary/aromatic N) is 3. The Morgan fingerprint density at radius 1 is 1.22 bits per heavy atom. The fourth-order valence-corrected chi connectivity index (χ4v) is 1.93. The number of rotatable bonds is 5. The maximum Gasteiger partial charge on any atom is 0.129 e. The number of hydrogen-bond acceptors (Lipinski definition) is 4. The molecule has 2 N–H and O–H groups in total. The summed E-state index contributed by atoms with van der Waals surface area (Å²) in [6, 6.07) is 1.97. The number of aromatic nitrogens is 4. The Balaban J connectivity index is 1.80. The quantitative estimate of drug-likeness (QED) is 0.792. The van der Waals surface area contributed by atoms with E-state index in [1.54, 1.807) is 0 Å². The maximum atomic E-state index is 4.35. The average molecular weight is 245 g/mol. The third-order valence-electron chi connectivity index (χ3n) is 2.83. The van der Waals surface area contributed by atoms with Crippen molar-refractivity contribution in [3.63, 3.8) is 0 Å². The largest absolute Gasteiger partial charge is 0.370 e. The Morgan fingerprint density at radius 3 is 2.72 bits per heavy atom. The smallest absolute Gasteiger partial charge is 0.129 e. The van der Waals surface area contributed by atoms with Gasteiger partial charge in [-0.3, -0.25) is 5.10 Å². The molecule has 18 heavy (non-hydrogen) atoms. The predicted molar refractivity (Wildman–Crippen MR) is 71.6 cm³/mol. The zero-order valence-corrected chi connectivity index (χ0v) is 11.1. The maximum absolute atomic E-state index is 4.35. The van der Waals surface area contributed by atoms with Gasteiger partial charge in [-0.2, -0.15) is 5.10 Å². The molecule has 0 unspecified atom stereocenters. The lowest BCUT2D eigenvalue weighted by Gasteiger charge is -2.06. The number of hydrogen-bond donors (Lipinski definition) is 2. The highest BCUT2D eigenvalue weighted by atomic mass is 15.1. The molecule has 0 saturated carbocycles. The molecule has 5 heteroatoms. The second kappa shape index (κ2) is 5.62. The molecule has 2 aromatic heterocycles. The number of nitrogens with one attached hydrogen (secondary N) is 2. The van der Waals surface area contributed by atoms with Gasteiger partial charge in [0.25, 0.3) is 0 Å². The van der Waals surface area contributed by atoms with Gasteiger partial charge in [0.2, 0.25) is 0 Å². The second-order valence-electron chi connectivity index (χ2n) is 4.49. The van der Waals surface area contributed by atoms with Crippen LogP contribution in [0, 0.1) is 20.8 Å². The van der Waals surface area contributed by atoms with Crippen LogP contribution in [0.3, 0.4) is 0 Å². The van der Waals surface area contributed by atoms with E-state index in [2.05, 4.69) is 25.5 Å². The highest BCUT2D eigenvalue weighted by Gasteiger charge is 2.01. The van der Waals surface area contributed by atoms with E-state index in [1.165, 1.54) is 5.56 Å². The van der Waals surface area contributed by atoms with Crippen molar-refractivity contribution >= 4 is 5.82 Å². The average Bonchev–Trinajstić information content (AvgIpc) is 2.69. The number of aryl methyl sites for hydroxylation is 4. The summed E-state index contributed by atoms with van der Waals surface area (Å²) in [4.78, 5) is 8.60. The Kier molecular flexibility index (Phi) is 3.92. The Hall–Kier alpha value is -1.91. The van der Waals surface area contributed by atoms with E-state index < -0.39 is 0 Å². The zero-order valence-electron chi connectivity index (χ0n) is 11.1. The lowest BCUT2D eigenvalue weighted by Crippen LogP contribution is -2.06. The Labute approximate surface area is 107 Å². The molecule has 0 amide bonds. The molecule has 0 aliphatic carbocycles. The topological polar surface area (TPSA) is 66.5 Å². The van der Waals surface area contributed by atoms with Crippen molar-refractivity contribution in [2.45, 2.75) is 33.6 Å². The molecule has 0 bridgehead atoms. The van der Waals surface area contributed by atoms with Crippen LogP contribution in [0.5, 0.6) is 0 Å². The van der Waals surface area contributed by atoms with E-state index in [4.69, 9.17) is 0 Å². The van der Waals surface area contributed by atoms with Crippen molar-refractivity contribution in [1.29, 1.82) is 0 Å². The molecule has 0 radical (unpaired) electrons. The Morgan fingerprint density at radius 2 is 2.06 bits per heavy atom. The van der Waals surface area contributed by atoms with Gasteiger partial charge in [0.1, 0.15) is 11.6 Å². The summed E-state index contributed by atoms with van der Waals surface area (Å²) in [5, 5.41) is 10.3. The van der Waals surface area contributed by atoms with Crippen LogP contribution in [0.2, 0.25) is 0 Å². The van der Waals surface area contributed by atoms with Gasteiger partial charge in [-0.25, -0.2) is 9.97 Å². The highest BCUT2D eigenvalue weighted by Crippen LogP contribution is 2.08. The molecular formula is C13H19N5. The van der Waals surface area contributed by atoms with E-state index in [-0.39, 0.29) is 0 Å². The van der Waals surface area contributed by atoms with Crippen molar-refractivity contribution in [2.75, 3.05) is 11.9 Å². The molecule has 5 nitrogen and oxygen atoms in total. The lowest BCUT2D eigenvalue weighted by molar-refractivity contribution is 0.849. The molecule has 0 aliphatic rings. The van der Waals surface area contributed by atoms with E-state index in [1.807, 2.05) is 33.0 Å². The van der Waals surface area contributed by atoms with Crippen LogP contribution < -0.4 is 5.32 Å². The normalized spacial score (nSPS) is 10.6. The van der Waals surface area contributed by atoms with Crippen molar-refractivity contribution < 1.29 is 0 Å². The van der Waals surface area contributed by atoms with Gasteiger partial charge in [-0.05, 0) is 39.2 Å². The second-order valence-corrected chi connectivity index (χ2v) is 4.49. The van der Waals surface area contributed by atoms with Gasteiger partial charge in [0.05, 0.1) is 6.20 Å². The summed E-state index contributed by atoms with van der Waals surface area (Å²) >= 11 is 0. The predicted octanol–water partition coefficient (Wildman–Crippen LogP) is 2.17. The molecule has 0 atom stereocenters. The summed E-state index contributed by atoms with van der Waals surface area (Å²) in [5.74, 6) is 1.71. The minimum absolute atomic E-state index is 0.808. The van der Waals surface area contributed by atoms with Crippen LogP contribution in [0.25, 0.3) is 0 Å². The molecule has 0 aromatic carbocycles. The summed E-state index contributed by atoms with van der Waals surface area (Å²) in [7, 11) is 0. The number of anilines is 1. The lowest BCUT2D eigenvalue weighted by atomic mass is 10.1. The van der Waals surface area contributed by atoms with Crippen LogP contribution in [0.4, 0.5) is 5.82 Å². The van der Waals surface area contributed by atoms with Crippen molar-refractivity contribution in [2.24, 2.45) is 0 Å². The molecule has 2 aromatic rings. The summed E-state index contributed by atoms with van der Waals surface area (Å²) < 4.78 is 0. The molecule has 0 saturated heterocycles. The minimum atomic E-state index is 0.808. The van der Waals surface area contributed by atoms with Crippen molar-refractivity contribution in [3.05, 3.63) is 35.0 Å². The van der Waals surface area contributed by atoms with Gasteiger partial charge >= 0.3 is 0 Å². The first-order valence-corrected chi connectivity index (χ1v) is 6.20. The van der Waals surface area contributed by atoms with Gasteiger partial charge in [-0.15, -0.1) is 0 Å². The van der Waals surface area contributed by atoms with E-state index in [9.17, 15) is 0 Å². The Bertz CT molecular complexity index is 498. The van der Waals surface area contributed by atoms with Crippen LogP contribution >= 0.6 is 0 Å². The van der Waals surface area contributed by atoms with Crippen LogP contribution in [0.15, 0.2) is 12.3 Å². The van der Waals surface area contributed by atoms with Gasteiger partial charge in [-0.1, -0.05) is 0 Å². The first kappa shape index (κ1) is 12.5. The third kappa shape index (κ3) is 3.29. The van der Waals surface area contributed by atoms with E-state index in [0.29, 0.717) is 0 Å². The molecule has 0 aliphatic heterocycles. The minimum Gasteiger partial charge on any atom is -0.370 e. The fourth-order valence-electron chi connectivity index (χ4n) is 1.93. The number of aromatic amines is 1. The van der Waals surface area contributed by atoms with Crippen LogP contribution in [0.1, 0.15) is 29.2 Å². The molecular weight excluding hydrogens is 226 g/mol. The number of H-pyrrole nitrogens is 1. The van der Waals surface area contributed by atoms with Crippen molar-refractivity contribution in [1.82, 2.24) is 20.2 Å². The fraction of sp³-hybridized carbons (Fsp3) is 0.462. The molecule has 2 rings (SSSR count). The molecule has 96 valence electrons. The molecule has 2 heterocycles. The van der Waals surface area contributed by atoms with Crippen LogP contribution in [-0.2, 0) is 6.42 Å². The zero-order chi connectivity index (χ0) is 13.0. The summed E-state index contributed by atoms with van der Waals surface area (Å²) in [6.45, 7) is 6.84. The van der Waals surface area contributed by atoms with E-state index >= 15 is 0 Å². The SMILES string of the molecule is Cc1cc(NCCCc2cn[nH]c2C)nc(C)n1. The van der Waals surface area contributed by atoms with Crippen molar-refractivity contribution in [3.8, 4) is 0 Å². The van der Waals surface area contributed by atoms with E-state index in [0.717, 1.165) is 42.4 Å². The highest BCUT2D eigenvalue weighted by molar-refractivity contribution is 5.35. The van der Waals surface area contributed by atoms with Gasteiger partial charge in [0.15, 0.2) is 0 Å². The van der Waals surface area contributed by atoms with Crippen LogP contribution in [-0.4, -0.2) is 26.7 Å². The third-order valence-corrected chi connectivity index (χ3v) is 2.83. The monoisotopic (exact) mass is 245 g/mol. The van der Waals surface area contributed by atoms with Gasteiger partial charge < -0.3 is 5.32 Å². The first-order valence-electron chi connectivity index (χ1n) is 6.20. The first-order chi connectivity index (χ1) is 8.65. The summed E-state index contributed by atoms with van der Waals surface area (Å²) in [6.07, 6.45) is 3.98. The summed E-state index contributed by atoms with van der Waals surface area (Å²) in [5.41, 5.74) is 3.44.